The molecular formula is C14H23N3O2. The number of rotatable bonds is 8. The minimum atomic E-state index is -0.397. The Kier molecular flexibility index (Phi) is 5.76. The highest BCUT2D eigenvalue weighted by Crippen LogP contribution is 2.11. The highest BCUT2D eigenvalue weighted by atomic mass is 16.1. The third-order valence-electron chi connectivity index (χ3n) is 3.02. The van der Waals surface area contributed by atoms with E-state index in [4.69, 9.17) is 5.73 Å². The summed E-state index contributed by atoms with van der Waals surface area (Å²) < 4.78 is 0. The first kappa shape index (κ1) is 15.4. The first-order chi connectivity index (χ1) is 8.93. The molecule has 1 amide bonds. The molecule has 0 aromatic carbocycles. The predicted molar refractivity (Wildman–Crippen MR) is 75.1 cm³/mol. The molecule has 1 aromatic heterocycles. The van der Waals surface area contributed by atoms with E-state index in [-0.39, 0.29) is 18.9 Å². The van der Waals surface area contributed by atoms with Crippen LogP contribution in [0.5, 0.6) is 0 Å². The van der Waals surface area contributed by atoms with Gasteiger partial charge < -0.3 is 10.7 Å². The van der Waals surface area contributed by atoms with Crippen LogP contribution in [0.4, 0.5) is 0 Å². The number of amides is 1. The van der Waals surface area contributed by atoms with Crippen LogP contribution < -0.4 is 5.73 Å². The Morgan fingerprint density at radius 2 is 2.00 bits per heavy atom. The molecule has 0 radical (unpaired) electrons. The maximum absolute atomic E-state index is 12.2. The number of ketones is 1. The molecule has 0 aliphatic carbocycles. The number of aryl methyl sites for hydroxylation is 2. The van der Waals surface area contributed by atoms with E-state index in [2.05, 4.69) is 11.9 Å². The lowest BCUT2D eigenvalue weighted by Gasteiger charge is -2.19. The van der Waals surface area contributed by atoms with Crippen LogP contribution in [0.3, 0.4) is 0 Å². The second-order valence-corrected chi connectivity index (χ2v) is 4.94. The predicted octanol–water partition coefficient (Wildman–Crippen LogP) is 1.40. The minimum Gasteiger partial charge on any atom is -0.369 e. The molecule has 0 saturated heterocycles. The molecule has 0 fully saturated rings. The topological polar surface area (TPSA) is 79.2 Å². The summed E-state index contributed by atoms with van der Waals surface area (Å²) in [5.74, 6) is -0.370. The van der Waals surface area contributed by atoms with Crippen molar-refractivity contribution in [2.75, 3.05) is 19.6 Å². The monoisotopic (exact) mass is 265 g/mol. The van der Waals surface area contributed by atoms with Gasteiger partial charge in [-0.05, 0) is 32.9 Å². The normalized spacial score (nSPS) is 10.9. The Morgan fingerprint density at radius 1 is 1.32 bits per heavy atom. The van der Waals surface area contributed by atoms with Crippen LogP contribution >= 0.6 is 0 Å². The van der Waals surface area contributed by atoms with E-state index < -0.39 is 5.91 Å². The van der Waals surface area contributed by atoms with Crippen LogP contribution in [-0.2, 0) is 4.79 Å². The molecule has 106 valence electrons. The third kappa shape index (κ3) is 4.87. The lowest BCUT2D eigenvalue weighted by molar-refractivity contribution is -0.119. The zero-order valence-corrected chi connectivity index (χ0v) is 12.0. The Labute approximate surface area is 114 Å². The number of hydrogen-bond donors (Lipinski definition) is 2. The number of carbonyl (C=O) groups excluding carboxylic acids is 2. The molecule has 0 unspecified atom stereocenters. The van der Waals surface area contributed by atoms with Crippen LogP contribution in [0, 0.1) is 13.8 Å². The van der Waals surface area contributed by atoms with Gasteiger partial charge in [0.05, 0.1) is 13.1 Å². The number of H-pyrrole nitrogens is 1. The molecule has 5 nitrogen and oxygen atoms in total. The van der Waals surface area contributed by atoms with Crippen LogP contribution in [0.25, 0.3) is 0 Å². The van der Waals surface area contributed by atoms with E-state index in [9.17, 15) is 9.59 Å². The summed E-state index contributed by atoms with van der Waals surface area (Å²) in [7, 11) is 0. The van der Waals surface area contributed by atoms with Crippen LogP contribution in [0.15, 0.2) is 6.07 Å². The molecule has 0 spiro atoms. The quantitative estimate of drug-likeness (QED) is 0.697. The lowest BCUT2D eigenvalue weighted by Crippen LogP contribution is -2.38. The second-order valence-electron chi connectivity index (χ2n) is 4.94. The SMILES string of the molecule is CCCCN(CC(N)=O)CC(=O)c1cc(C)[nH]c1C. The molecule has 3 N–H and O–H groups in total. The molecule has 0 atom stereocenters. The Hall–Kier alpha value is -1.62. The minimum absolute atomic E-state index is 0.0270. The summed E-state index contributed by atoms with van der Waals surface area (Å²) in [6.45, 7) is 6.96. The number of primary amides is 1. The fraction of sp³-hybridized carbons (Fsp3) is 0.571. The molecule has 19 heavy (non-hydrogen) atoms. The summed E-state index contributed by atoms with van der Waals surface area (Å²) in [5, 5.41) is 0. The van der Waals surface area contributed by atoms with Crippen molar-refractivity contribution < 1.29 is 9.59 Å². The largest absolute Gasteiger partial charge is 0.369 e. The smallest absolute Gasteiger partial charge is 0.231 e. The van der Waals surface area contributed by atoms with Gasteiger partial charge in [-0.3, -0.25) is 14.5 Å². The average molecular weight is 265 g/mol. The third-order valence-corrected chi connectivity index (χ3v) is 3.02. The Morgan fingerprint density at radius 3 is 2.47 bits per heavy atom. The molecule has 1 rings (SSSR count). The molecule has 0 bridgehead atoms. The number of aromatic nitrogens is 1. The van der Waals surface area contributed by atoms with Gasteiger partial charge in [0.15, 0.2) is 5.78 Å². The van der Waals surface area contributed by atoms with E-state index >= 15 is 0 Å². The molecule has 1 heterocycles. The molecule has 1 aromatic rings. The number of nitrogens with one attached hydrogen (secondary N) is 1. The maximum Gasteiger partial charge on any atom is 0.231 e. The highest BCUT2D eigenvalue weighted by Gasteiger charge is 2.16. The van der Waals surface area contributed by atoms with Gasteiger partial charge in [0.25, 0.3) is 0 Å². The average Bonchev–Trinajstić information content (AvgIpc) is 2.64. The van der Waals surface area contributed by atoms with Gasteiger partial charge in [-0.1, -0.05) is 13.3 Å². The van der Waals surface area contributed by atoms with Gasteiger partial charge in [0, 0.05) is 17.0 Å². The molecule has 5 heteroatoms. The van der Waals surface area contributed by atoms with Crippen molar-refractivity contribution >= 4 is 11.7 Å². The Bertz CT molecular complexity index is 452. The summed E-state index contributed by atoms with van der Waals surface area (Å²) >= 11 is 0. The van der Waals surface area contributed by atoms with Gasteiger partial charge in [0.1, 0.15) is 0 Å². The van der Waals surface area contributed by atoms with E-state index in [1.807, 2.05) is 24.8 Å². The number of unbranched alkanes of at least 4 members (excludes halogenated alkanes) is 1. The molecule has 0 aliphatic heterocycles. The molecule has 0 saturated carbocycles. The summed E-state index contributed by atoms with van der Waals surface area (Å²) in [6, 6.07) is 1.85. The van der Waals surface area contributed by atoms with Crippen LogP contribution in [0.2, 0.25) is 0 Å². The van der Waals surface area contributed by atoms with Gasteiger partial charge >= 0.3 is 0 Å². The van der Waals surface area contributed by atoms with Gasteiger partial charge in [-0.2, -0.15) is 0 Å². The number of Topliss-reactive ketones (excluding diaryl/α,β-unsaturated/α-hetero) is 1. The first-order valence-electron chi connectivity index (χ1n) is 6.64. The van der Waals surface area contributed by atoms with Crippen molar-refractivity contribution in [1.82, 2.24) is 9.88 Å². The van der Waals surface area contributed by atoms with Gasteiger partial charge in [0.2, 0.25) is 5.91 Å². The van der Waals surface area contributed by atoms with E-state index in [1.165, 1.54) is 0 Å². The molecule has 0 aliphatic rings. The van der Waals surface area contributed by atoms with E-state index in [0.29, 0.717) is 12.1 Å². The van der Waals surface area contributed by atoms with Crippen molar-refractivity contribution in [3.63, 3.8) is 0 Å². The van der Waals surface area contributed by atoms with Crippen molar-refractivity contribution in [2.45, 2.75) is 33.6 Å². The van der Waals surface area contributed by atoms with Crippen molar-refractivity contribution in [3.8, 4) is 0 Å². The summed E-state index contributed by atoms with van der Waals surface area (Å²) in [6.07, 6.45) is 1.97. The van der Waals surface area contributed by atoms with Crippen molar-refractivity contribution in [1.29, 1.82) is 0 Å². The summed E-state index contributed by atoms with van der Waals surface area (Å²) in [5.41, 5.74) is 7.75. The fourth-order valence-corrected chi connectivity index (χ4v) is 2.12. The van der Waals surface area contributed by atoms with Crippen LogP contribution in [0.1, 0.15) is 41.5 Å². The maximum atomic E-state index is 12.2. The molecular weight excluding hydrogens is 242 g/mol. The number of nitrogens with zero attached hydrogens (tertiary/aromatic N) is 1. The Balaban J connectivity index is 2.69. The first-order valence-corrected chi connectivity index (χ1v) is 6.64. The number of nitrogens with two attached hydrogens (primary N) is 1. The summed E-state index contributed by atoms with van der Waals surface area (Å²) in [4.78, 5) is 28.2. The zero-order valence-electron chi connectivity index (χ0n) is 12.0. The zero-order chi connectivity index (χ0) is 14.4. The van der Waals surface area contributed by atoms with Crippen molar-refractivity contribution in [3.05, 3.63) is 23.0 Å². The van der Waals surface area contributed by atoms with Gasteiger partial charge in [-0.25, -0.2) is 0 Å². The number of hydrogen-bond acceptors (Lipinski definition) is 3. The number of aromatic amines is 1. The van der Waals surface area contributed by atoms with Crippen molar-refractivity contribution in [2.24, 2.45) is 5.73 Å². The lowest BCUT2D eigenvalue weighted by atomic mass is 10.1. The highest BCUT2D eigenvalue weighted by molar-refractivity contribution is 5.99. The number of carbonyl (C=O) groups is 2. The van der Waals surface area contributed by atoms with Crippen LogP contribution in [-0.4, -0.2) is 41.2 Å². The fourth-order valence-electron chi connectivity index (χ4n) is 2.12. The van der Waals surface area contributed by atoms with Gasteiger partial charge in [-0.15, -0.1) is 0 Å². The van der Waals surface area contributed by atoms with E-state index in [1.54, 1.807) is 0 Å². The van der Waals surface area contributed by atoms with E-state index in [0.717, 1.165) is 24.2 Å². The second kappa shape index (κ2) is 7.09. The standard InChI is InChI=1S/C14H23N3O2/c1-4-5-6-17(9-14(15)19)8-13(18)12-7-10(2)16-11(12)3/h7,16H,4-6,8-9H2,1-3H3,(H2,15,19).